The molecule has 0 unspecified atom stereocenters. The van der Waals surface area contributed by atoms with Crippen molar-refractivity contribution >= 4 is 39.1 Å². The molecule has 0 aliphatic heterocycles. The molecule has 2 N–H and O–H groups in total. The molecule has 0 spiro atoms. The highest BCUT2D eigenvalue weighted by molar-refractivity contribution is 7.90. The molecule has 0 bridgehead atoms. The minimum atomic E-state index is -3.64. The first kappa shape index (κ1) is 19.0. The molecule has 2 rings (SSSR count). The molecule has 0 saturated heterocycles. The summed E-state index contributed by atoms with van der Waals surface area (Å²) in [6, 6.07) is 6.32. The molecule has 0 aliphatic rings. The monoisotopic (exact) mass is 387 g/mol. The van der Waals surface area contributed by atoms with Gasteiger partial charge in [-0.05, 0) is 12.1 Å². The first-order valence-electron chi connectivity index (χ1n) is 6.99. The molecule has 9 nitrogen and oxygen atoms in total. The molecule has 2 aromatic rings. The Kier molecular flexibility index (Phi) is 5.88. The van der Waals surface area contributed by atoms with Gasteiger partial charge in [-0.3, -0.25) is 4.72 Å². The Labute approximate surface area is 151 Å². The van der Waals surface area contributed by atoms with E-state index in [1.165, 1.54) is 34.4 Å². The number of rotatable bonds is 7. The van der Waals surface area contributed by atoms with Crippen LogP contribution < -0.4 is 19.5 Å². The van der Waals surface area contributed by atoms with Gasteiger partial charge in [-0.2, -0.15) is 12.7 Å². The van der Waals surface area contributed by atoms with Crippen LogP contribution in [0.1, 0.15) is 0 Å². The van der Waals surface area contributed by atoms with Gasteiger partial charge in [0.05, 0.1) is 24.9 Å². The number of hydrogen-bond acceptors (Lipinski definition) is 7. The number of benzene rings is 1. The summed E-state index contributed by atoms with van der Waals surface area (Å²) in [5.41, 5.74) is 0.569. The van der Waals surface area contributed by atoms with E-state index in [-0.39, 0.29) is 5.82 Å². The largest absolute Gasteiger partial charge is 0.495 e. The fourth-order valence-corrected chi connectivity index (χ4v) is 2.56. The number of ether oxygens (including phenoxy) is 2. The Morgan fingerprint density at radius 2 is 1.64 bits per heavy atom. The van der Waals surface area contributed by atoms with Crippen LogP contribution in [-0.2, 0) is 10.2 Å². The lowest BCUT2D eigenvalue weighted by atomic mass is 10.2. The molecular formula is C14H18ClN5O4S. The Balaban J connectivity index is 2.22. The van der Waals surface area contributed by atoms with Crippen LogP contribution in [0.3, 0.4) is 0 Å². The molecule has 11 heteroatoms. The van der Waals surface area contributed by atoms with Crippen LogP contribution in [0.5, 0.6) is 11.5 Å². The third-order valence-corrected chi connectivity index (χ3v) is 4.84. The lowest BCUT2D eigenvalue weighted by Gasteiger charge is -2.14. The quantitative estimate of drug-likeness (QED) is 0.749. The first-order valence-corrected chi connectivity index (χ1v) is 8.81. The topological polar surface area (TPSA) is 106 Å². The van der Waals surface area contributed by atoms with Crippen molar-refractivity contribution in [3.8, 4) is 11.5 Å². The predicted molar refractivity (Wildman–Crippen MR) is 96.1 cm³/mol. The summed E-state index contributed by atoms with van der Waals surface area (Å²) in [5.74, 6) is 1.44. The fraction of sp³-hybridized carbons (Fsp3) is 0.286. The summed E-state index contributed by atoms with van der Waals surface area (Å²) in [4.78, 5) is 0. The SMILES string of the molecule is COc1cc(Nc2ccc(NS(=O)(=O)N(C)C)nn2)c(OC)cc1Cl. The second-order valence-corrected chi connectivity index (χ2v) is 7.30. The number of anilines is 3. The van der Waals surface area contributed by atoms with Gasteiger partial charge < -0.3 is 14.8 Å². The van der Waals surface area contributed by atoms with E-state index in [9.17, 15) is 8.42 Å². The van der Waals surface area contributed by atoms with Gasteiger partial charge in [0.1, 0.15) is 11.5 Å². The van der Waals surface area contributed by atoms with Gasteiger partial charge in [0.2, 0.25) is 0 Å². The summed E-state index contributed by atoms with van der Waals surface area (Å²) in [5, 5.41) is 11.2. The van der Waals surface area contributed by atoms with Crippen molar-refractivity contribution in [2.45, 2.75) is 0 Å². The summed E-state index contributed by atoms with van der Waals surface area (Å²) < 4.78 is 37.3. The van der Waals surface area contributed by atoms with Crippen LogP contribution in [0.4, 0.5) is 17.3 Å². The van der Waals surface area contributed by atoms with Gasteiger partial charge in [0.25, 0.3) is 0 Å². The maximum absolute atomic E-state index is 11.8. The molecule has 1 aromatic heterocycles. The lowest BCUT2D eigenvalue weighted by Crippen LogP contribution is -2.29. The molecule has 0 atom stereocenters. The summed E-state index contributed by atoms with van der Waals surface area (Å²) >= 11 is 6.06. The summed E-state index contributed by atoms with van der Waals surface area (Å²) in [7, 11) is 2.19. The van der Waals surface area contributed by atoms with Crippen molar-refractivity contribution in [1.82, 2.24) is 14.5 Å². The maximum atomic E-state index is 11.8. The van der Waals surface area contributed by atoms with Crippen molar-refractivity contribution in [1.29, 1.82) is 0 Å². The minimum absolute atomic E-state index is 0.0971. The summed E-state index contributed by atoms with van der Waals surface area (Å²) in [6.45, 7) is 0. The van der Waals surface area contributed by atoms with Crippen molar-refractivity contribution < 1.29 is 17.9 Å². The average molecular weight is 388 g/mol. The van der Waals surface area contributed by atoms with Crippen molar-refractivity contribution in [3.05, 3.63) is 29.3 Å². The highest BCUT2D eigenvalue weighted by Gasteiger charge is 2.14. The van der Waals surface area contributed by atoms with E-state index >= 15 is 0 Å². The van der Waals surface area contributed by atoms with Crippen molar-refractivity contribution in [2.24, 2.45) is 0 Å². The van der Waals surface area contributed by atoms with Crippen LogP contribution in [0, 0.1) is 0 Å². The number of halogens is 1. The Morgan fingerprint density at radius 1 is 1.04 bits per heavy atom. The zero-order chi connectivity index (χ0) is 18.6. The molecule has 25 heavy (non-hydrogen) atoms. The minimum Gasteiger partial charge on any atom is -0.495 e. The van der Waals surface area contributed by atoms with Gasteiger partial charge in [-0.15, -0.1) is 10.2 Å². The maximum Gasteiger partial charge on any atom is 0.302 e. The smallest absolute Gasteiger partial charge is 0.302 e. The normalized spacial score (nSPS) is 11.3. The Morgan fingerprint density at radius 3 is 2.16 bits per heavy atom. The fourth-order valence-electron chi connectivity index (χ4n) is 1.77. The van der Waals surface area contributed by atoms with Crippen LogP contribution >= 0.6 is 11.6 Å². The van der Waals surface area contributed by atoms with Gasteiger partial charge >= 0.3 is 10.2 Å². The van der Waals surface area contributed by atoms with Crippen molar-refractivity contribution in [2.75, 3.05) is 38.4 Å². The van der Waals surface area contributed by atoms with Crippen molar-refractivity contribution in [3.63, 3.8) is 0 Å². The van der Waals surface area contributed by atoms with Gasteiger partial charge in [-0.1, -0.05) is 11.6 Å². The molecule has 1 aromatic carbocycles. The number of aromatic nitrogens is 2. The third-order valence-electron chi connectivity index (χ3n) is 3.12. The van der Waals surface area contributed by atoms with E-state index in [4.69, 9.17) is 21.1 Å². The zero-order valence-corrected chi connectivity index (χ0v) is 15.6. The van der Waals surface area contributed by atoms with Crippen LogP contribution in [0.2, 0.25) is 5.02 Å². The van der Waals surface area contributed by atoms with E-state index in [1.54, 1.807) is 18.2 Å². The highest BCUT2D eigenvalue weighted by atomic mass is 35.5. The molecule has 0 fully saturated rings. The molecule has 0 radical (unpaired) electrons. The lowest BCUT2D eigenvalue weighted by molar-refractivity contribution is 0.405. The third kappa shape index (κ3) is 4.62. The summed E-state index contributed by atoms with van der Waals surface area (Å²) in [6.07, 6.45) is 0. The van der Waals surface area contributed by atoms with E-state index < -0.39 is 10.2 Å². The Hall–Kier alpha value is -2.30. The van der Waals surface area contributed by atoms with E-state index in [0.717, 1.165) is 4.31 Å². The highest BCUT2D eigenvalue weighted by Crippen LogP contribution is 2.37. The predicted octanol–water partition coefficient (Wildman–Crippen LogP) is 2.11. The average Bonchev–Trinajstić information content (AvgIpc) is 2.57. The van der Waals surface area contributed by atoms with E-state index in [0.29, 0.717) is 28.0 Å². The van der Waals surface area contributed by atoms with Crippen LogP contribution in [0.15, 0.2) is 24.3 Å². The van der Waals surface area contributed by atoms with Gasteiger partial charge in [0.15, 0.2) is 11.6 Å². The van der Waals surface area contributed by atoms with Crippen LogP contribution in [-0.4, -0.2) is 51.2 Å². The van der Waals surface area contributed by atoms with Crippen LogP contribution in [0.25, 0.3) is 0 Å². The van der Waals surface area contributed by atoms with E-state index in [1.807, 2.05) is 0 Å². The second-order valence-electron chi connectivity index (χ2n) is 5.01. The number of nitrogens with zero attached hydrogens (tertiary/aromatic N) is 3. The second kappa shape index (κ2) is 7.72. The van der Waals surface area contributed by atoms with E-state index in [2.05, 4.69) is 20.2 Å². The molecule has 0 amide bonds. The molecule has 0 aliphatic carbocycles. The number of hydrogen-bond donors (Lipinski definition) is 2. The first-order chi connectivity index (χ1) is 11.8. The molecule has 1 heterocycles. The standard InChI is InChI=1S/C14H18ClN5O4S/c1-20(2)25(21,22)19-14-6-5-13(17-18-14)16-10-8-11(23-3)9(15)7-12(10)24-4/h5-8H,1-4H3,(H,16,17)(H,18,19). The number of nitrogens with one attached hydrogen (secondary N) is 2. The Bertz CT molecular complexity index is 843. The molecule has 0 saturated carbocycles. The molecular weight excluding hydrogens is 370 g/mol. The van der Waals surface area contributed by atoms with Gasteiger partial charge in [0, 0.05) is 26.2 Å². The number of methoxy groups -OCH3 is 2. The molecule has 136 valence electrons. The van der Waals surface area contributed by atoms with Gasteiger partial charge in [-0.25, -0.2) is 0 Å². The zero-order valence-electron chi connectivity index (χ0n) is 14.1.